The number of hydrogen-bond donors (Lipinski definition) is 2. The average Bonchev–Trinajstić information content (AvgIpc) is 3.18. The lowest BCUT2D eigenvalue weighted by molar-refractivity contribution is 0.0527. The number of ether oxygens (including phenoxy) is 1. The normalized spacial score (nSPS) is 9.93. The third-order valence-corrected chi connectivity index (χ3v) is 6.01. The minimum absolute atomic E-state index is 0.317. The zero-order valence-corrected chi connectivity index (χ0v) is 18.1. The van der Waals surface area contributed by atoms with Crippen LogP contribution in [0.2, 0.25) is 0 Å². The number of anilines is 1. The van der Waals surface area contributed by atoms with Crippen molar-refractivity contribution in [3.63, 3.8) is 0 Å². The van der Waals surface area contributed by atoms with Crippen molar-refractivity contribution in [3.05, 3.63) is 70.6 Å². The minimum Gasteiger partial charge on any atom is -0.462 e. The summed E-state index contributed by atoms with van der Waals surface area (Å²) in [4.78, 5) is 26.3. The highest BCUT2D eigenvalue weighted by Gasteiger charge is 2.17. The van der Waals surface area contributed by atoms with E-state index in [1.807, 2.05) is 49.4 Å². The van der Waals surface area contributed by atoms with Crippen LogP contribution < -0.4 is 4.72 Å². The van der Waals surface area contributed by atoms with Crippen molar-refractivity contribution in [2.75, 3.05) is 18.4 Å². The van der Waals surface area contributed by atoms with E-state index in [0.717, 1.165) is 40.0 Å². The first-order valence-electron chi connectivity index (χ1n) is 8.92. The van der Waals surface area contributed by atoms with E-state index in [0.29, 0.717) is 17.0 Å². The Morgan fingerprint density at radius 3 is 2.55 bits per heavy atom. The first kappa shape index (κ1) is 22.7. The Labute approximate surface area is 178 Å². The summed E-state index contributed by atoms with van der Waals surface area (Å²) in [5.74, 6) is -0.363. The Kier molecular flexibility index (Phi) is 8.92. The maximum atomic E-state index is 12.2. The molecule has 152 valence electrons. The van der Waals surface area contributed by atoms with E-state index < -0.39 is 0 Å². The zero-order chi connectivity index (χ0) is 21.2. The molecule has 0 radical (unpaired) electrons. The summed E-state index contributed by atoms with van der Waals surface area (Å²) < 4.78 is 8.41. The van der Waals surface area contributed by atoms with Gasteiger partial charge in [0.1, 0.15) is 0 Å². The zero-order valence-electron chi connectivity index (χ0n) is 16.5. The predicted octanol–water partition coefficient (Wildman–Crippen LogP) is 5.44. The summed E-state index contributed by atoms with van der Waals surface area (Å²) >= 11 is 2.81. The maximum absolute atomic E-state index is 12.2. The number of carbonyl (C=O) groups excluding carboxylic acids is 2. The van der Waals surface area contributed by atoms with Crippen molar-refractivity contribution in [2.24, 2.45) is 0 Å². The van der Waals surface area contributed by atoms with Crippen LogP contribution in [0, 0.1) is 6.92 Å². The van der Waals surface area contributed by atoms with Crippen LogP contribution in [-0.4, -0.2) is 31.1 Å². The number of thiophene rings is 1. The first-order valence-corrected chi connectivity index (χ1v) is 10.6. The topological polar surface area (TPSA) is 75.6 Å². The lowest BCUT2D eigenvalue weighted by Gasteiger charge is -2.07. The third-order valence-electron chi connectivity index (χ3n) is 3.92. The molecule has 0 saturated heterocycles. The number of aliphatic hydroxyl groups excluding tert-OH is 1. The quantitative estimate of drug-likeness (QED) is 0.296. The maximum Gasteiger partial charge on any atom is 0.338 e. The Morgan fingerprint density at radius 2 is 1.86 bits per heavy atom. The fourth-order valence-corrected chi connectivity index (χ4v) is 4.37. The lowest BCUT2D eigenvalue weighted by atomic mass is 10.1. The molecule has 2 N–H and O–H groups in total. The SMILES string of the molecule is CCOC(=O)c1ccccc1-c1cc(NSc2ccccc2C)c(C=O)s1.CO. The van der Waals surface area contributed by atoms with Crippen LogP contribution in [-0.2, 0) is 4.74 Å². The Morgan fingerprint density at radius 1 is 1.17 bits per heavy atom. The van der Waals surface area contributed by atoms with Gasteiger partial charge in [0.05, 0.1) is 22.7 Å². The van der Waals surface area contributed by atoms with Crippen LogP contribution >= 0.6 is 23.3 Å². The number of carbonyl (C=O) groups is 2. The number of aliphatic hydroxyl groups is 1. The highest BCUT2D eigenvalue weighted by atomic mass is 32.2. The molecule has 2 aromatic carbocycles. The molecule has 5 nitrogen and oxygen atoms in total. The van der Waals surface area contributed by atoms with Crippen LogP contribution in [0.1, 0.15) is 32.5 Å². The molecule has 1 aromatic heterocycles. The molecule has 0 unspecified atom stereocenters. The lowest BCUT2D eigenvalue weighted by Crippen LogP contribution is -2.05. The van der Waals surface area contributed by atoms with Gasteiger partial charge in [-0.2, -0.15) is 0 Å². The van der Waals surface area contributed by atoms with Crippen molar-refractivity contribution < 1.29 is 19.4 Å². The molecule has 0 bridgehead atoms. The summed E-state index contributed by atoms with van der Waals surface area (Å²) in [6.45, 7) is 4.14. The van der Waals surface area contributed by atoms with E-state index in [1.54, 1.807) is 19.1 Å². The molecule has 0 amide bonds. The van der Waals surface area contributed by atoms with Crippen LogP contribution in [0.3, 0.4) is 0 Å². The highest BCUT2D eigenvalue weighted by molar-refractivity contribution is 8.00. The average molecular weight is 430 g/mol. The molecule has 7 heteroatoms. The minimum atomic E-state index is -0.363. The van der Waals surface area contributed by atoms with Crippen LogP contribution in [0.5, 0.6) is 0 Å². The second-order valence-electron chi connectivity index (χ2n) is 5.74. The molecule has 3 rings (SSSR count). The monoisotopic (exact) mass is 429 g/mol. The first-order chi connectivity index (χ1) is 14.1. The summed E-state index contributed by atoms with van der Waals surface area (Å²) in [5, 5.41) is 7.00. The van der Waals surface area contributed by atoms with Gasteiger partial charge in [-0.15, -0.1) is 11.3 Å². The van der Waals surface area contributed by atoms with Gasteiger partial charge in [-0.1, -0.05) is 36.4 Å². The molecule has 3 aromatic rings. The van der Waals surface area contributed by atoms with Crippen molar-refractivity contribution in [2.45, 2.75) is 18.7 Å². The largest absolute Gasteiger partial charge is 0.462 e. The van der Waals surface area contributed by atoms with Gasteiger partial charge < -0.3 is 14.6 Å². The van der Waals surface area contributed by atoms with E-state index >= 15 is 0 Å². The van der Waals surface area contributed by atoms with Crippen molar-refractivity contribution in [3.8, 4) is 10.4 Å². The van der Waals surface area contributed by atoms with E-state index in [4.69, 9.17) is 9.84 Å². The van der Waals surface area contributed by atoms with Crippen molar-refractivity contribution in [1.29, 1.82) is 0 Å². The standard InChI is InChI=1S/C21H19NO3S2.CH4O/c1-3-25-21(24)16-10-6-5-9-15(16)19-12-17(20(13-23)26-19)22-27-18-11-7-4-8-14(18)2;1-2/h4-13,22H,3H2,1-2H3;2H,1H3. The van der Waals surface area contributed by atoms with E-state index in [-0.39, 0.29) is 5.97 Å². The number of aryl methyl sites for hydroxylation is 1. The van der Waals surface area contributed by atoms with E-state index in [1.165, 1.54) is 23.3 Å². The smallest absolute Gasteiger partial charge is 0.338 e. The summed E-state index contributed by atoms with van der Waals surface area (Å²) in [6.07, 6.45) is 0.835. The van der Waals surface area contributed by atoms with Gasteiger partial charge in [0.15, 0.2) is 6.29 Å². The number of hydrogen-bond acceptors (Lipinski definition) is 7. The van der Waals surface area contributed by atoms with Gasteiger partial charge in [0.25, 0.3) is 0 Å². The molecule has 0 aliphatic rings. The molecule has 0 saturated carbocycles. The Hall–Kier alpha value is -2.61. The summed E-state index contributed by atoms with van der Waals surface area (Å²) in [6, 6.07) is 17.2. The molecule has 1 heterocycles. The van der Waals surface area contributed by atoms with Gasteiger partial charge in [-0.25, -0.2) is 4.79 Å². The molecule has 0 aliphatic carbocycles. The summed E-state index contributed by atoms with van der Waals surface area (Å²) in [7, 11) is 1.00. The van der Waals surface area contributed by atoms with Crippen molar-refractivity contribution >= 4 is 41.2 Å². The molecular formula is C22H23NO4S2. The Bertz CT molecular complexity index is 969. The number of benzene rings is 2. The van der Waals surface area contributed by atoms with Crippen LogP contribution in [0.25, 0.3) is 10.4 Å². The number of aldehydes is 1. The second-order valence-corrected chi connectivity index (χ2v) is 7.67. The molecule has 0 aliphatic heterocycles. The van der Waals surface area contributed by atoms with Crippen LogP contribution in [0.4, 0.5) is 5.69 Å². The second kappa shape index (κ2) is 11.4. The fourth-order valence-electron chi connectivity index (χ4n) is 2.57. The predicted molar refractivity (Wildman–Crippen MR) is 120 cm³/mol. The number of esters is 1. The van der Waals surface area contributed by atoms with Crippen molar-refractivity contribution in [1.82, 2.24) is 0 Å². The molecule has 29 heavy (non-hydrogen) atoms. The molecule has 0 atom stereocenters. The highest BCUT2D eigenvalue weighted by Crippen LogP contribution is 2.37. The number of rotatable bonds is 7. The van der Waals surface area contributed by atoms with Gasteiger partial charge in [-0.05, 0) is 49.6 Å². The van der Waals surface area contributed by atoms with E-state index in [2.05, 4.69) is 4.72 Å². The fraction of sp³-hybridized carbons (Fsp3) is 0.182. The van der Waals surface area contributed by atoms with Gasteiger partial charge in [0, 0.05) is 22.4 Å². The van der Waals surface area contributed by atoms with Crippen LogP contribution in [0.15, 0.2) is 59.5 Å². The Balaban J connectivity index is 0.00000145. The molecule has 0 spiro atoms. The summed E-state index contributed by atoms with van der Waals surface area (Å²) in [5.41, 5.74) is 3.15. The molecular weight excluding hydrogens is 406 g/mol. The molecule has 0 fully saturated rings. The van der Waals surface area contributed by atoms with Gasteiger partial charge >= 0.3 is 5.97 Å². The van der Waals surface area contributed by atoms with Gasteiger partial charge in [-0.3, -0.25) is 4.79 Å². The van der Waals surface area contributed by atoms with E-state index in [9.17, 15) is 9.59 Å². The number of nitrogens with one attached hydrogen (secondary N) is 1. The van der Waals surface area contributed by atoms with Gasteiger partial charge in [0.2, 0.25) is 0 Å². The third kappa shape index (κ3) is 5.69.